The smallest absolute Gasteiger partial charge is 0.229 e. The highest BCUT2D eigenvalue weighted by Gasteiger charge is 2.16. The highest BCUT2D eigenvalue weighted by molar-refractivity contribution is 7.97. The third-order valence-corrected chi connectivity index (χ3v) is 4.52. The van der Waals surface area contributed by atoms with Crippen LogP contribution in [0.1, 0.15) is 17.0 Å². The van der Waals surface area contributed by atoms with E-state index in [9.17, 15) is 0 Å². The van der Waals surface area contributed by atoms with Crippen LogP contribution in [0.2, 0.25) is 5.02 Å². The maximum atomic E-state index is 6.18. The molecule has 0 aliphatic carbocycles. The molecule has 0 atom stereocenters. The molecule has 2 aromatic rings. The van der Waals surface area contributed by atoms with Gasteiger partial charge in [0.1, 0.15) is 11.6 Å². The number of rotatable bonds is 5. The van der Waals surface area contributed by atoms with Crippen LogP contribution in [-0.2, 0) is 22.8 Å². The minimum atomic E-state index is 0.227. The summed E-state index contributed by atoms with van der Waals surface area (Å²) in [5.74, 6) is 3.64. The van der Waals surface area contributed by atoms with Crippen molar-refractivity contribution in [1.82, 2.24) is 15.0 Å². The third kappa shape index (κ3) is 4.00. The number of halogens is 1. The van der Waals surface area contributed by atoms with Gasteiger partial charge in [0, 0.05) is 36.0 Å². The zero-order valence-corrected chi connectivity index (χ0v) is 15.0. The lowest BCUT2D eigenvalue weighted by atomic mass is 10.1. The number of hydrogen-bond acceptors (Lipinski definition) is 8. The number of benzene rings is 1. The summed E-state index contributed by atoms with van der Waals surface area (Å²) >= 11 is 7.84. The van der Waals surface area contributed by atoms with Crippen molar-refractivity contribution in [2.24, 2.45) is 0 Å². The Morgan fingerprint density at radius 1 is 1.25 bits per heavy atom. The fraction of sp³-hybridized carbons (Fsp3) is 0.400. The first-order valence-corrected chi connectivity index (χ1v) is 8.83. The molecule has 0 amide bonds. The van der Waals surface area contributed by atoms with Gasteiger partial charge in [-0.1, -0.05) is 11.6 Å². The minimum absolute atomic E-state index is 0.227. The van der Waals surface area contributed by atoms with Gasteiger partial charge in [0.05, 0.1) is 12.4 Å². The molecule has 7 nitrogen and oxygen atoms in total. The van der Waals surface area contributed by atoms with Crippen LogP contribution < -0.4 is 15.4 Å². The quantitative estimate of drug-likeness (QED) is 0.862. The summed E-state index contributed by atoms with van der Waals surface area (Å²) in [6, 6.07) is 3.80. The number of hydrogen-bond donors (Lipinski definition) is 1. The number of aromatic nitrogens is 3. The van der Waals surface area contributed by atoms with Gasteiger partial charge < -0.3 is 20.1 Å². The van der Waals surface area contributed by atoms with Gasteiger partial charge in [-0.15, -0.1) is 11.8 Å². The molecule has 0 unspecified atom stereocenters. The molecule has 0 saturated heterocycles. The molecule has 1 aromatic heterocycles. The molecule has 128 valence electrons. The number of ether oxygens (including phenoxy) is 2. The van der Waals surface area contributed by atoms with Crippen LogP contribution >= 0.6 is 23.4 Å². The van der Waals surface area contributed by atoms with E-state index in [2.05, 4.69) is 15.0 Å². The second-order valence-electron chi connectivity index (χ2n) is 5.46. The van der Waals surface area contributed by atoms with Crippen LogP contribution in [0.5, 0.6) is 5.75 Å². The van der Waals surface area contributed by atoms with E-state index in [1.807, 2.05) is 26.2 Å². The lowest BCUT2D eigenvalue weighted by Gasteiger charge is -2.21. The lowest BCUT2D eigenvalue weighted by molar-refractivity contribution is -0.0168. The van der Waals surface area contributed by atoms with Crippen LogP contribution in [0, 0.1) is 0 Å². The Balaban J connectivity index is 1.70. The van der Waals surface area contributed by atoms with E-state index in [4.69, 9.17) is 26.8 Å². The Hall–Kier alpha value is -1.77. The highest BCUT2D eigenvalue weighted by Crippen LogP contribution is 2.34. The maximum absolute atomic E-state index is 6.18. The molecule has 0 radical (unpaired) electrons. The Morgan fingerprint density at radius 3 is 2.88 bits per heavy atom. The van der Waals surface area contributed by atoms with Gasteiger partial charge in [0.2, 0.25) is 11.9 Å². The van der Waals surface area contributed by atoms with E-state index in [1.165, 1.54) is 0 Å². The van der Waals surface area contributed by atoms with Crippen LogP contribution in [0.25, 0.3) is 0 Å². The van der Waals surface area contributed by atoms with E-state index in [0.29, 0.717) is 29.2 Å². The van der Waals surface area contributed by atoms with E-state index < -0.39 is 0 Å². The number of anilines is 2. The van der Waals surface area contributed by atoms with Crippen molar-refractivity contribution in [3.63, 3.8) is 0 Å². The molecule has 2 N–H and O–H groups in total. The summed E-state index contributed by atoms with van der Waals surface area (Å²) in [4.78, 5) is 14.5. The van der Waals surface area contributed by atoms with Crippen molar-refractivity contribution < 1.29 is 9.47 Å². The monoisotopic (exact) mass is 367 g/mol. The zero-order chi connectivity index (χ0) is 17.1. The predicted molar refractivity (Wildman–Crippen MR) is 95.3 cm³/mol. The normalized spacial score (nSPS) is 13.3. The molecule has 0 saturated carbocycles. The van der Waals surface area contributed by atoms with Gasteiger partial charge in [-0.3, -0.25) is 0 Å². The minimum Gasteiger partial charge on any atom is -0.467 e. The molecular formula is C15H18ClN5O2S. The van der Waals surface area contributed by atoms with E-state index in [0.717, 1.165) is 22.6 Å². The first kappa shape index (κ1) is 17.1. The summed E-state index contributed by atoms with van der Waals surface area (Å²) in [7, 11) is 3.73. The summed E-state index contributed by atoms with van der Waals surface area (Å²) in [5, 5.41) is 0.678. The number of nitrogens with two attached hydrogens (primary N) is 1. The Bertz CT molecular complexity index is 744. The average Bonchev–Trinajstić information content (AvgIpc) is 2.54. The van der Waals surface area contributed by atoms with Gasteiger partial charge in [-0.2, -0.15) is 15.0 Å². The number of nitrogens with zero attached hydrogens (tertiary/aromatic N) is 4. The molecule has 0 spiro atoms. The van der Waals surface area contributed by atoms with Gasteiger partial charge in [-0.05, 0) is 12.1 Å². The number of thioether (sulfide) groups is 1. The number of fused-ring (bicyclic) bond motifs is 1. The van der Waals surface area contributed by atoms with Gasteiger partial charge in [-0.25, -0.2) is 0 Å². The van der Waals surface area contributed by atoms with Crippen LogP contribution in [0.3, 0.4) is 0 Å². The highest BCUT2D eigenvalue weighted by atomic mass is 35.5. The standard InChI is InChI=1S/C15H18ClN5O2S/c1-21(2)15-19-12(18-14(17)20-15)7-24-6-10-4-11(16)3-9-5-22-8-23-13(9)10/h3-4H,5-8H2,1-2H3,(H2,17,18,19,20). The average molecular weight is 368 g/mol. The molecule has 3 rings (SSSR count). The molecule has 0 fully saturated rings. The van der Waals surface area contributed by atoms with Gasteiger partial charge in [0.15, 0.2) is 6.79 Å². The molecule has 0 bridgehead atoms. The second-order valence-corrected chi connectivity index (χ2v) is 6.88. The molecule has 1 aliphatic rings. The summed E-state index contributed by atoms with van der Waals surface area (Å²) in [6.07, 6.45) is 0. The molecular weight excluding hydrogens is 350 g/mol. The zero-order valence-electron chi connectivity index (χ0n) is 13.5. The maximum Gasteiger partial charge on any atom is 0.229 e. The van der Waals surface area contributed by atoms with E-state index >= 15 is 0 Å². The Morgan fingerprint density at radius 2 is 2.08 bits per heavy atom. The van der Waals surface area contributed by atoms with Crippen molar-refractivity contribution in [2.45, 2.75) is 18.1 Å². The van der Waals surface area contributed by atoms with Crippen molar-refractivity contribution in [3.05, 3.63) is 34.1 Å². The molecule has 2 heterocycles. The SMILES string of the molecule is CN(C)c1nc(N)nc(CSCc2cc(Cl)cc3c2OCOC3)n1. The third-order valence-electron chi connectivity index (χ3n) is 3.33. The fourth-order valence-electron chi connectivity index (χ4n) is 2.31. The molecule has 1 aliphatic heterocycles. The topological polar surface area (TPSA) is 86.4 Å². The summed E-state index contributed by atoms with van der Waals surface area (Å²) in [5.41, 5.74) is 7.76. The Labute approximate surface area is 149 Å². The lowest BCUT2D eigenvalue weighted by Crippen LogP contribution is -2.16. The van der Waals surface area contributed by atoms with Gasteiger partial charge >= 0.3 is 0 Å². The number of nitrogen functional groups attached to an aromatic ring is 1. The summed E-state index contributed by atoms with van der Waals surface area (Å²) < 4.78 is 10.9. The van der Waals surface area contributed by atoms with Gasteiger partial charge in [0.25, 0.3) is 0 Å². The Kier molecular flexibility index (Phi) is 5.27. The van der Waals surface area contributed by atoms with Crippen LogP contribution in [0.15, 0.2) is 12.1 Å². The van der Waals surface area contributed by atoms with Crippen molar-refractivity contribution in [2.75, 3.05) is 31.5 Å². The van der Waals surface area contributed by atoms with E-state index in [1.54, 1.807) is 16.7 Å². The molecule has 24 heavy (non-hydrogen) atoms. The van der Waals surface area contributed by atoms with Crippen molar-refractivity contribution in [3.8, 4) is 5.75 Å². The first-order valence-electron chi connectivity index (χ1n) is 7.30. The molecule has 1 aromatic carbocycles. The second kappa shape index (κ2) is 7.42. The van der Waals surface area contributed by atoms with E-state index in [-0.39, 0.29) is 12.7 Å². The van der Waals surface area contributed by atoms with Crippen molar-refractivity contribution >= 4 is 35.3 Å². The molecule has 9 heteroatoms. The largest absolute Gasteiger partial charge is 0.467 e. The van der Waals surface area contributed by atoms with Crippen LogP contribution in [-0.4, -0.2) is 35.8 Å². The first-order chi connectivity index (χ1) is 11.5. The van der Waals surface area contributed by atoms with Crippen LogP contribution in [0.4, 0.5) is 11.9 Å². The predicted octanol–water partition coefficient (Wildman–Crippen LogP) is 2.47. The summed E-state index contributed by atoms with van der Waals surface area (Å²) in [6.45, 7) is 0.784. The van der Waals surface area contributed by atoms with Crippen molar-refractivity contribution in [1.29, 1.82) is 0 Å². The fourth-order valence-corrected chi connectivity index (χ4v) is 3.42.